The molecule has 0 spiro atoms. The van der Waals surface area contributed by atoms with Crippen LogP contribution in [0.15, 0.2) is 24.3 Å². The van der Waals surface area contributed by atoms with Crippen molar-refractivity contribution in [2.75, 3.05) is 0 Å². The van der Waals surface area contributed by atoms with Crippen molar-refractivity contribution in [3.8, 4) is 5.69 Å². The van der Waals surface area contributed by atoms with Crippen molar-refractivity contribution in [3.63, 3.8) is 0 Å². The van der Waals surface area contributed by atoms with Crippen molar-refractivity contribution < 1.29 is 4.39 Å². The summed E-state index contributed by atoms with van der Waals surface area (Å²) in [4.78, 5) is 4.29. The van der Waals surface area contributed by atoms with E-state index in [0.717, 1.165) is 23.8 Å². The Hall–Kier alpha value is -1.71. The van der Waals surface area contributed by atoms with Gasteiger partial charge < -0.3 is 0 Å². The lowest BCUT2D eigenvalue weighted by molar-refractivity contribution is 0.626. The maximum Gasteiger partial charge on any atom is 0.151 e. The Morgan fingerprint density at radius 1 is 1.27 bits per heavy atom. The Morgan fingerprint density at radius 2 is 1.93 bits per heavy atom. The van der Waals surface area contributed by atoms with Gasteiger partial charge >= 0.3 is 0 Å². The number of benzene rings is 1. The van der Waals surface area contributed by atoms with Crippen LogP contribution in [-0.4, -0.2) is 14.8 Å². The maximum absolute atomic E-state index is 12.7. The van der Waals surface area contributed by atoms with E-state index in [9.17, 15) is 4.39 Å². The second-order valence-corrected chi connectivity index (χ2v) is 3.32. The number of aromatic nitrogens is 3. The molecule has 0 aliphatic carbocycles. The first-order valence-electron chi connectivity index (χ1n) is 4.89. The molecule has 0 N–H and O–H groups in total. The van der Waals surface area contributed by atoms with Crippen molar-refractivity contribution in [3.05, 3.63) is 41.7 Å². The monoisotopic (exact) mass is 205 g/mol. The van der Waals surface area contributed by atoms with Crippen LogP contribution in [0.5, 0.6) is 0 Å². The molecule has 0 atom stereocenters. The Kier molecular flexibility index (Phi) is 2.49. The highest BCUT2D eigenvalue weighted by atomic mass is 19.1. The molecule has 2 aromatic rings. The van der Waals surface area contributed by atoms with E-state index in [4.69, 9.17) is 0 Å². The molecule has 0 unspecified atom stereocenters. The van der Waals surface area contributed by atoms with E-state index in [-0.39, 0.29) is 5.82 Å². The summed E-state index contributed by atoms with van der Waals surface area (Å²) in [5.41, 5.74) is 0.834. The third-order valence-electron chi connectivity index (χ3n) is 2.20. The summed E-state index contributed by atoms with van der Waals surface area (Å²) in [5, 5.41) is 4.31. The van der Waals surface area contributed by atoms with Crippen LogP contribution in [0.2, 0.25) is 0 Å². The molecule has 0 saturated heterocycles. The predicted molar refractivity (Wildman–Crippen MR) is 55.4 cm³/mol. The molecule has 2 rings (SSSR count). The summed E-state index contributed by atoms with van der Waals surface area (Å²) < 4.78 is 14.4. The van der Waals surface area contributed by atoms with Crippen molar-refractivity contribution in [2.45, 2.75) is 20.3 Å². The molecule has 0 radical (unpaired) electrons. The first-order valence-corrected chi connectivity index (χ1v) is 4.89. The fraction of sp³-hybridized carbons (Fsp3) is 0.273. The minimum atomic E-state index is -0.243. The van der Waals surface area contributed by atoms with Gasteiger partial charge in [0.2, 0.25) is 0 Å². The number of aryl methyl sites for hydroxylation is 2. The lowest BCUT2D eigenvalue weighted by Gasteiger charge is -2.01. The summed E-state index contributed by atoms with van der Waals surface area (Å²) >= 11 is 0. The van der Waals surface area contributed by atoms with E-state index in [2.05, 4.69) is 10.1 Å². The van der Waals surface area contributed by atoms with Gasteiger partial charge in [-0.2, -0.15) is 5.10 Å². The number of rotatable bonds is 2. The first kappa shape index (κ1) is 9.83. The third-order valence-corrected chi connectivity index (χ3v) is 2.20. The molecule has 78 valence electrons. The largest absolute Gasteiger partial charge is 0.218 e. The van der Waals surface area contributed by atoms with Crippen molar-refractivity contribution >= 4 is 0 Å². The zero-order valence-electron chi connectivity index (χ0n) is 8.74. The quantitative estimate of drug-likeness (QED) is 0.753. The van der Waals surface area contributed by atoms with Crippen LogP contribution in [0.3, 0.4) is 0 Å². The summed E-state index contributed by atoms with van der Waals surface area (Å²) in [6.07, 6.45) is 0.801. The first-order chi connectivity index (χ1) is 7.20. The smallest absolute Gasteiger partial charge is 0.151 e. The zero-order valence-corrected chi connectivity index (χ0v) is 8.74. The van der Waals surface area contributed by atoms with Crippen LogP contribution in [0, 0.1) is 12.7 Å². The van der Waals surface area contributed by atoms with Gasteiger partial charge in [-0.1, -0.05) is 6.92 Å². The fourth-order valence-electron chi connectivity index (χ4n) is 1.42. The van der Waals surface area contributed by atoms with E-state index >= 15 is 0 Å². The molecule has 15 heavy (non-hydrogen) atoms. The Labute approximate surface area is 87.6 Å². The molecular formula is C11H12FN3. The summed E-state index contributed by atoms with van der Waals surface area (Å²) in [5.74, 6) is 1.38. The van der Waals surface area contributed by atoms with Crippen molar-refractivity contribution in [2.24, 2.45) is 0 Å². The predicted octanol–water partition coefficient (Wildman–Crippen LogP) is 2.28. The van der Waals surface area contributed by atoms with Crippen LogP contribution >= 0.6 is 0 Å². The summed E-state index contributed by atoms with van der Waals surface area (Å²) in [7, 11) is 0. The van der Waals surface area contributed by atoms with Gasteiger partial charge in [-0.05, 0) is 31.2 Å². The van der Waals surface area contributed by atoms with Crippen LogP contribution in [0.4, 0.5) is 4.39 Å². The molecule has 4 heteroatoms. The summed E-state index contributed by atoms with van der Waals surface area (Å²) in [6.45, 7) is 3.89. The minimum Gasteiger partial charge on any atom is -0.218 e. The number of nitrogens with zero attached hydrogens (tertiary/aromatic N) is 3. The Bertz CT molecular complexity index is 459. The maximum atomic E-state index is 12.7. The molecule has 1 heterocycles. The lowest BCUT2D eigenvalue weighted by Crippen LogP contribution is -1.99. The average Bonchev–Trinajstić information content (AvgIpc) is 2.61. The summed E-state index contributed by atoms with van der Waals surface area (Å²) in [6, 6.07) is 6.22. The lowest BCUT2D eigenvalue weighted by atomic mass is 10.3. The van der Waals surface area contributed by atoms with Gasteiger partial charge in [0.1, 0.15) is 11.6 Å². The van der Waals surface area contributed by atoms with Crippen LogP contribution in [0.25, 0.3) is 5.69 Å². The molecule has 0 saturated carbocycles. The van der Waals surface area contributed by atoms with E-state index in [1.54, 1.807) is 16.8 Å². The van der Waals surface area contributed by atoms with Crippen molar-refractivity contribution in [1.29, 1.82) is 0 Å². The normalized spacial score (nSPS) is 10.6. The topological polar surface area (TPSA) is 30.7 Å². The molecule has 0 amide bonds. The Morgan fingerprint density at radius 3 is 2.47 bits per heavy atom. The van der Waals surface area contributed by atoms with Gasteiger partial charge in [0, 0.05) is 6.42 Å². The van der Waals surface area contributed by atoms with Crippen LogP contribution in [0.1, 0.15) is 18.6 Å². The second kappa shape index (κ2) is 3.81. The van der Waals surface area contributed by atoms with Gasteiger partial charge in [0.15, 0.2) is 5.82 Å². The third kappa shape index (κ3) is 1.88. The standard InChI is InChI=1S/C11H12FN3/c1-3-11-13-8(2)15(14-11)10-6-4-9(12)5-7-10/h4-7H,3H2,1-2H3. The van der Waals surface area contributed by atoms with Gasteiger partial charge in [0.05, 0.1) is 5.69 Å². The van der Waals surface area contributed by atoms with E-state index < -0.39 is 0 Å². The molecular weight excluding hydrogens is 193 g/mol. The fourth-order valence-corrected chi connectivity index (χ4v) is 1.42. The highest BCUT2D eigenvalue weighted by Gasteiger charge is 2.05. The molecule has 0 aliphatic heterocycles. The van der Waals surface area contributed by atoms with Gasteiger partial charge in [-0.15, -0.1) is 0 Å². The van der Waals surface area contributed by atoms with Crippen LogP contribution < -0.4 is 0 Å². The second-order valence-electron chi connectivity index (χ2n) is 3.32. The van der Waals surface area contributed by atoms with E-state index in [0.29, 0.717) is 0 Å². The molecule has 0 bridgehead atoms. The SMILES string of the molecule is CCc1nc(C)n(-c2ccc(F)cc2)n1. The highest BCUT2D eigenvalue weighted by Crippen LogP contribution is 2.10. The molecule has 0 fully saturated rings. The van der Waals surface area contributed by atoms with Gasteiger partial charge in [-0.3, -0.25) is 0 Å². The average molecular weight is 205 g/mol. The molecule has 1 aromatic carbocycles. The number of hydrogen-bond donors (Lipinski definition) is 0. The minimum absolute atomic E-state index is 0.243. The molecule has 0 aliphatic rings. The van der Waals surface area contributed by atoms with E-state index in [1.165, 1.54) is 12.1 Å². The van der Waals surface area contributed by atoms with E-state index in [1.807, 2.05) is 13.8 Å². The molecule has 3 nitrogen and oxygen atoms in total. The van der Waals surface area contributed by atoms with Crippen molar-refractivity contribution in [1.82, 2.24) is 14.8 Å². The zero-order chi connectivity index (χ0) is 10.8. The number of halogens is 1. The highest BCUT2D eigenvalue weighted by molar-refractivity contribution is 5.31. The van der Waals surface area contributed by atoms with Crippen LogP contribution in [-0.2, 0) is 6.42 Å². The van der Waals surface area contributed by atoms with Gasteiger partial charge in [0.25, 0.3) is 0 Å². The molecule has 1 aromatic heterocycles. The Balaban J connectivity index is 2.44. The number of hydrogen-bond acceptors (Lipinski definition) is 2. The van der Waals surface area contributed by atoms with Gasteiger partial charge in [-0.25, -0.2) is 14.1 Å².